The highest BCUT2D eigenvalue weighted by atomic mass is 19.4. The number of carbonyl (C=O) groups is 1. The van der Waals surface area contributed by atoms with Gasteiger partial charge in [0.05, 0.1) is 18.5 Å². The number of hydrogen-bond donors (Lipinski definition) is 1. The van der Waals surface area contributed by atoms with E-state index >= 15 is 0 Å². The normalized spacial score (nSPS) is 23.3. The molecule has 1 aliphatic carbocycles. The van der Waals surface area contributed by atoms with Gasteiger partial charge in [-0.15, -0.1) is 5.10 Å². The van der Waals surface area contributed by atoms with Crippen molar-refractivity contribution in [2.75, 3.05) is 6.54 Å². The Balaban J connectivity index is 1.56. The topological polar surface area (TPSA) is 100 Å². The molecule has 2 aromatic rings. The molecule has 8 nitrogen and oxygen atoms in total. The van der Waals surface area contributed by atoms with E-state index in [4.69, 9.17) is 5.41 Å². The number of hydrogen-bond acceptors (Lipinski definition) is 6. The van der Waals surface area contributed by atoms with E-state index in [-0.39, 0.29) is 18.5 Å². The van der Waals surface area contributed by atoms with Crippen LogP contribution in [-0.4, -0.2) is 62.0 Å². The Kier molecular flexibility index (Phi) is 6.99. The number of allylic oxidation sites excluding steroid dienone is 3. The van der Waals surface area contributed by atoms with E-state index in [1.807, 2.05) is 0 Å². The molecule has 3 atom stereocenters. The van der Waals surface area contributed by atoms with Gasteiger partial charge in [-0.2, -0.15) is 13.2 Å². The third kappa shape index (κ3) is 5.58. The summed E-state index contributed by atoms with van der Waals surface area (Å²) in [6, 6.07) is 1.35. The second kappa shape index (κ2) is 10.1. The van der Waals surface area contributed by atoms with E-state index in [2.05, 4.69) is 20.3 Å². The zero-order valence-corrected chi connectivity index (χ0v) is 18.3. The maximum Gasteiger partial charge on any atom is 0.406 e. The quantitative estimate of drug-likeness (QED) is 0.493. The van der Waals surface area contributed by atoms with Crippen LogP contribution in [0.15, 0.2) is 66.0 Å². The fourth-order valence-electron chi connectivity index (χ4n) is 4.17. The lowest BCUT2D eigenvalue weighted by molar-refractivity contribution is -0.166. The first-order valence-corrected chi connectivity index (χ1v) is 10.7. The van der Waals surface area contributed by atoms with Crippen LogP contribution in [0.4, 0.5) is 17.6 Å². The molecule has 3 heterocycles. The van der Waals surface area contributed by atoms with Gasteiger partial charge < -0.3 is 10.3 Å². The van der Waals surface area contributed by atoms with Gasteiger partial charge >= 0.3 is 6.18 Å². The molecule has 1 N–H and O–H groups in total. The van der Waals surface area contributed by atoms with Crippen LogP contribution in [0.5, 0.6) is 0 Å². The summed E-state index contributed by atoms with van der Waals surface area (Å²) in [5, 5.41) is 15.4. The molecule has 2 aromatic heterocycles. The third-order valence-corrected chi connectivity index (χ3v) is 5.80. The van der Waals surface area contributed by atoms with Crippen molar-refractivity contribution in [2.24, 2.45) is 10.9 Å². The van der Waals surface area contributed by atoms with Crippen molar-refractivity contribution in [2.45, 2.75) is 31.1 Å². The summed E-state index contributed by atoms with van der Waals surface area (Å²) in [6.45, 7) is -1.49. The molecule has 4 rings (SSSR count). The summed E-state index contributed by atoms with van der Waals surface area (Å²) in [7, 11) is 0. The molecule has 1 saturated heterocycles. The van der Waals surface area contributed by atoms with Crippen molar-refractivity contribution in [1.29, 1.82) is 5.41 Å². The van der Waals surface area contributed by atoms with Crippen molar-refractivity contribution in [3.05, 3.63) is 72.2 Å². The number of halogens is 4. The average molecular weight is 487 g/mol. The minimum Gasteiger partial charge on any atom is -0.325 e. The van der Waals surface area contributed by atoms with Gasteiger partial charge in [-0.25, -0.2) is 9.07 Å². The molecule has 35 heavy (non-hydrogen) atoms. The average Bonchev–Trinajstić information content (AvgIpc) is 3.24. The Labute approximate surface area is 197 Å². The number of nitrogens with one attached hydrogen (secondary N) is 1. The molecule has 2 aliphatic rings. The van der Waals surface area contributed by atoms with E-state index in [1.54, 1.807) is 24.5 Å². The van der Waals surface area contributed by atoms with Crippen molar-refractivity contribution in [3.63, 3.8) is 0 Å². The first-order valence-electron chi connectivity index (χ1n) is 10.7. The minimum absolute atomic E-state index is 0.100. The zero-order valence-electron chi connectivity index (χ0n) is 18.3. The summed E-state index contributed by atoms with van der Waals surface area (Å²) < 4.78 is 55.5. The second-order valence-electron chi connectivity index (χ2n) is 8.07. The number of amides is 1. The number of alkyl halides is 3. The molecule has 1 aliphatic heterocycles. The molecule has 1 fully saturated rings. The van der Waals surface area contributed by atoms with Crippen LogP contribution in [-0.2, 0) is 4.79 Å². The lowest BCUT2D eigenvalue weighted by atomic mass is 9.89. The Hall–Kier alpha value is -3.96. The van der Waals surface area contributed by atoms with Crippen molar-refractivity contribution < 1.29 is 22.4 Å². The minimum atomic E-state index is -4.64. The van der Waals surface area contributed by atoms with Gasteiger partial charge in [0.2, 0.25) is 5.91 Å². The monoisotopic (exact) mass is 487 g/mol. The number of pyridine rings is 1. The largest absolute Gasteiger partial charge is 0.406 e. The highest BCUT2D eigenvalue weighted by Crippen LogP contribution is 2.38. The number of likely N-dealkylation sites (tertiary alicyclic amines) is 1. The van der Waals surface area contributed by atoms with Gasteiger partial charge in [0.15, 0.2) is 0 Å². The maximum absolute atomic E-state index is 14.4. The van der Waals surface area contributed by atoms with Gasteiger partial charge in [0.25, 0.3) is 0 Å². The Bertz CT molecular complexity index is 1200. The molecular formula is C23H21F4N7O. The number of aliphatic imine (C=N–C) groups is 1. The van der Waals surface area contributed by atoms with Gasteiger partial charge in [0, 0.05) is 36.3 Å². The standard InChI is InChI=1S/C23H21F4N7O/c24-19-2-1-3-20-18(19)4-5-21(22(35)33(20)14-23(25,26)27)34-13-17(31-32-34)12-30-11-16(10-28)15-6-8-29-9-7-15/h1-3,6-13,18,20-21,28H,4-5,14H2. The van der Waals surface area contributed by atoms with Gasteiger partial charge in [0.1, 0.15) is 24.1 Å². The van der Waals surface area contributed by atoms with Crippen LogP contribution in [0, 0.1) is 11.3 Å². The van der Waals surface area contributed by atoms with Crippen LogP contribution in [0.2, 0.25) is 0 Å². The smallest absolute Gasteiger partial charge is 0.325 e. The molecule has 3 unspecified atom stereocenters. The Morgan fingerprint density at radius 1 is 1.26 bits per heavy atom. The molecule has 0 spiro atoms. The van der Waals surface area contributed by atoms with Crippen LogP contribution >= 0.6 is 0 Å². The first-order chi connectivity index (χ1) is 16.8. The highest BCUT2D eigenvalue weighted by molar-refractivity contribution is 6.08. The van der Waals surface area contributed by atoms with E-state index in [0.717, 1.165) is 11.8 Å². The number of rotatable bonds is 6. The predicted octanol–water partition coefficient (Wildman–Crippen LogP) is 3.92. The number of aromatic nitrogens is 4. The number of fused-ring (bicyclic) bond motifs is 1. The van der Waals surface area contributed by atoms with Crippen LogP contribution in [0.3, 0.4) is 0 Å². The fourth-order valence-corrected chi connectivity index (χ4v) is 4.17. The molecule has 0 radical (unpaired) electrons. The van der Waals surface area contributed by atoms with E-state index in [1.165, 1.54) is 41.5 Å². The molecule has 1 amide bonds. The Morgan fingerprint density at radius 2 is 2.03 bits per heavy atom. The van der Waals surface area contributed by atoms with Crippen molar-refractivity contribution in [1.82, 2.24) is 24.9 Å². The molecule has 0 aromatic carbocycles. The molecular weight excluding hydrogens is 466 g/mol. The second-order valence-corrected chi connectivity index (χ2v) is 8.07. The number of carbonyl (C=O) groups excluding carboxylic acids is 1. The van der Waals surface area contributed by atoms with Crippen LogP contribution in [0.1, 0.15) is 30.1 Å². The third-order valence-electron chi connectivity index (χ3n) is 5.80. The van der Waals surface area contributed by atoms with Crippen molar-refractivity contribution >= 4 is 23.9 Å². The molecule has 0 bridgehead atoms. The maximum atomic E-state index is 14.4. The van der Waals surface area contributed by atoms with Gasteiger partial charge in [-0.1, -0.05) is 17.4 Å². The summed E-state index contributed by atoms with van der Waals surface area (Å²) in [5.74, 6) is -2.20. The first kappa shape index (κ1) is 24.2. The summed E-state index contributed by atoms with van der Waals surface area (Å²) in [5.41, 5.74) is 1.52. The van der Waals surface area contributed by atoms with Gasteiger partial charge in [-0.3, -0.25) is 14.8 Å². The van der Waals surface area contributed by atoms with Gasteiger partial charge in [-0.05, 0) is 36.6 Å². The lowest BCUT2D eigenvalue weighted by Gasteiger charge is -2.35. The molecule has 12 heteroatoms. The summed E-state index contributed by atoms with van der Waals surface area (Å²) in [6.07, 6.45) is 8.09. The number of nitrogens with zero attached hydrogens (tertiary/aromatic N) is 6. The zero-order chi connectivity index (χ0) is 25.0. The highest BCUT2D eigenvalue weighted by Gasteiger charge is 2.45. The Morgan fingerprint density at radius 3 is 2.74 bits per heavy atom. The lowest BCUT2D eigenvalue weighted by Crippen LogP contribution is -2.49. The summed E-state index contributed by atoms with van der Waals surface area (Å²) in [4.78, 5) is 21.9. The van der Waals surface area contributed by atoms with E-state index < -0.39 is 42.5 Å². The van der Waals surface area contributed by atoms with E-state index in [9.17, 15) is 22.4 Å². The molecule has 0 saturated carbocycles. The molecule has 182 valence electrons. The summed E-state index contributed by atoms with van der Waals surface area (Å²) >= 11 is 0. The fraction of sp³-hybridized carbons (Fsp3) is 0.304. The van der Waals surface area contributed by atoms with Crippen LogP contribution in [0.25, 0.3) is 5.57 Å². The van der Waals surface area contributed by atoms with Crippen LogP contribution < -0.4 is 0 Å². The van der Waals surface area contributed by atoms with Crippen molar-refractivity contribution in [3.8, 4) is 0 Å². The van der Waals surface area contributed by atoms with E-state index in [0.29, 0.717) is 10.5 Å². The predicted molar refractivity (Wildman–Crippen MR) is 120 cm³/mol. The SMILES string of the molecule is N=CC(=CN=Cc1cn(C2CCC3C(F)=CC=CC3N(CC(F)(F)F)C2=O)nn1)c1ccncc1.